The quantitative estimate of drug-likeness (QED) is 0.566. The molecule has 2 rings (SSSR count). The average molecular weight is 352 g/mol. The van der Waals surface area contributed by atoms with E-state index in [0.717, 1.165) is 44.2 Å². The number of carbonyl (C=O) groups excluding carboxylic acids is 1. The van der Waals surface area contributed by atoms with Crippen LogP contribution in [0.15, 0.2) is 27.8 Å². The lowest BCUT2D eigenvalue weighted by Crippen LogP contribution is -2.14. The van der Waals surface area contributed by atoms with Gasteiger partial charge in [0.05, 0.1) is 5.71 Å². The van der Waals surface area contributed by atoms with E-state index in [-0.39, 0.29) is 5.97 Å². The molecule has 1 saturated carbocycles. The van der Waals surface area contributed by atoms with Crippen molar-refractivity contribution in [2.45, 2.75) is 58.3 Å². The number of hydrogen-bond acceptors (Lipinski definition) is 3. The van der Waals surface area contributed by atoms with Gasteiger partial charge in [0, 0.05) is 11.4 Å². The van der Waals surface area contributed by atoms with Gasteiger partial charge in [-0.1, -0.05) is 46.6 Å². The predicted octanol–water partition coefficient (Wildman–Crippen LogP) is 4.98. The third-order valence-electron chi connectivity index (χ3n) is 3.93. The fourth-order valence-corrected chi connectivity index (χ4v) is 3.39. The van der Waals surface area contributed by atoms with E-state index in [2.05, 4.69) is 46.2 Å². The molecule has 21 heavy (non-hydrogen) atoms. The molecule has 0 bridgehead atoms. The van der Waals surface area contributed by atoms with E-state index in [0.29, 0.717) is 5.92 Å². The SMILES string of the molecule is CCCc1ccc(C2CCC(=NOC(C)=O)CC2)cc1Br. The molecule has 0 heterocycles. The van der Waals surface area contributed by atoms with Crippen LogP contribution in [-0.4, -0.2) is 11.7 Å². The second-order valence-electron chi connectivity index (χ2n) is 5.62. The molecule has 0 saturated heterocycles. The lowest BCUT2D eigenvalue weighted by Gasteiger charge is -2.23. The van der Waals surface area contributed by atoms with Gasteiger partial charge >= 0.3 is 5.97 Å². The Hall–Kier alpha value is -1.16. The monoisotopic (exact) mass is 351 g/mol. The van der Waals surface area contributed by atoms with Crippen LogP contribution in [0.5, 0.6) is 0 Å². The minimum Gasteiger partial charge on any atom is -0.319 e. The van der Waals surface area contributed by atoms with Crippen molar-refractivity contribution in [3.63, 3.8) is 0 Å². The lowest BCUT2D eigenvalue weighted by atomic mass is 9.83. The number of hydrogen-bond donors (Lipinski definition) is 0. The van der Waals surface area contributed by atoms with Crippen LogP contribution in [0.25, 0.3) is 0 Å². The van der Waals surface area contributed by atoms with Gasteiger partial charge in [0.25, 0.3) is 0 Å². The topological polar surface area (TPSA) is 38.7 Å². The summed E-state index contributed by atoms with van der Waals surface area (Å²) in [5, 5.41) is 3.92. The van der Waals surface area contributed by atoms with Gasteiger partial charge in [-0.3, -0.25) is 0 Å². The first-order valence-electron chi connectivity index (χ1n) is 7.61. The van der Waals surface area contributed by atoms with Gasteiger partial charge in [-0.15, -0.1) is 0 Å². The van der Waals surface area contributed by atoms with Crippen LogP contribution in [0, 0.1) is 0 Å². The molecule has 0 spiro atoms. The Labute approximate surface area is 134 Å². The van der Waals surface area contributed by atoms with E-state index in [9.17, 15) is 4.79 Å². The standard InChI is InChI=1S/C17H22BrNO2/c1-3-4-14-5-6-15(11-17(14)18)13-7-9-16(10-8-13)19-21-12(2)20/h5-6,11,13H,3-4,7-10H2,1-2H3. The van der Waals surface area contributed by atoms with Gasteiger partial charge < -0.3 is 4.84 Å². The average Bonchev–Trinajstić information content (AvgIpc) is 2.48. The second kappa shape index (κ2) is 7.74. The summed E-state index contributed by atoms with van der Waals surface area (Å²) in [6.07, 6.45) is 6.24. The highest BCUT2D eigenvalue weighted by atomic mass is 79.9. The van der Waals surface area contributed by atoms with E-state index in [1.807, 2.05) is 0 Å². The number of benzene rings is 1. The van der Waals surface area contributed by atoms with E-state index in [4.69, 9.17) is 4.84 Å². The normalized spacial score (nSPS) is 18.4. The molecule has 3 nitrogen and oxygen atoms in total. The molecule has 1 aromatic rings. The van der Waals surface area contributed by atoms with Crippen LogP contribution in [0.4, 0.5) is 0 Å². The highest BCUT2D eigenvalue weighted by Crippen LogP contribution is 2.34. The Kier molecular flexibility index (Phi) is 5.97. The molecule has 0 amide bonds. The van der Waals surface area contributed by atoms with E-state index in [1.54, 1.807) is 0 Å². The predicted molar refractivity (Wildman–Crippen MR) is 88.5 cm³/mol. The van der Waals surface area contributed by atoms with Crippen LogP contribution in [0.2, 0.25) is 0 Å². The largest absolute Gasteiger partial charge is 0.331 e. The van der Waals surface area contributed by atoms with Gasteiger partial charge in [-0.25, -0.2) is 4.79 Å². The summed E-state index contributed by atoms with van der Waals surface area (Å²) >= 11 is 3.69. The molecular formula is C17H22BrNO2. The third kappa shape index (κ3) is 4.67. The minimum atomic E-state index is -0.347. The molecule has 1 aromatic carbocycles. The number of carbonyl (C=O) groups is 1. The number of aryl methyl sites for hydroxylation is 1. The summed E-state index contributed by atoms with van der Waals surface area (Å²) in [6, 6.07) is 6.77. The van der Waals surface area contributed by atoms with Gasteiger partial charge in [0.1, 0.15) is 0 Å². The van der Waals surface area contributed by atoms with Crippen molar-refractivity contribution in [2.75, 3.05) is 0 Å². The van der Waals surface area contributed by atoms with Crippen LogP contribution in [0.1, 0.15) is 63.0 Å². The van der Waals surface area contributed by atoms with Gasteiger partial charge in [-0.05, 0) is 55.2 Å². The minimum absolute atomic E-state index is 0.347. The van der Waals surface area contributed by atoms with Gasteiger partial charge in [0.2, 0.25) is 0 Å². The fourth-order valence-electron chi connectivity index (χ4n) is 2.79. The van der Waals surface area contributed by atoms with Crippen molar-refractivity contribution in [2.24, 2.45) is 5.16 Å². The third-order valence-corrected chi connectivity index (χ3v) is 4.67. The first kappa shape index (κ1) is 16.2. The zero-order chi connectivity index (χ0) is 15.2. The van der Waals surface area contributed by atoms with Crippen LogP contribution >= 0.6 is 15.9 Å². The highest BCUT2D eigenvalue weighted by molar-refractivity contribution is 9.10. The van der Waals surface area contributed by atoms with Crippen molar-refractivity contribution in [3.8, 4) is 0 Å². The summed E-state index contributed by atoms with van der Waals surface area (Å²) < 4.78 is 1.22. The van der Waals surface area contributed by atoms with Crippen molar-refractivity contribution in [1.29, 1.82) is 0 Å². The highest BCUT2D eigenvalue weighted by Gasteiger charge is 2.20. The molecule has 0 aliphatic heterocycles. The molecule has 4 heteroatoms. The Bertz CT molecular complexity index is 530. The molecular weight excluding hydrogens is 330 g/mol. The number of nitrogens with zero attached hydrogens (tertiary/aromatic N) is 1. The zero-order valence-electron chi connectivity index (χ0n) is 12.7. The first-order valence-corrected chi connectivity index (χ1v) is 8.41. The molecule has 0 radical (unpaired) electrons. The van der Waals surface area contributed by atoms with Crippen LogP contribution in [-0.2, 0) is 16.1 Å². The summed E-state index contributed by atoms with van der Waals surface area (Å²) in [6.45, 7) is 3.58. The Balaban J connectivity index is 1.97. The number of rotatable bonds is 4. The van der Waals surface area contributed by atoms with Crippen molar-refractivity contribution >= 4 is 27.6 Å². The maximum absolute atomic E-state index is 10.8. The van der Waals surface area contributed by atoms with Gasteiger partial charge in [0.15, 0.2) is 0 Å². The molecule has 1 aliphatic carbocycles. The summed E-state index contributed by atoms with van der Waals surface area (Å²) in [4.78, 5) is 15.5. The van der Waals surface area contributed by atoms with Gasteiger partial charge in [-0.2, -0.15) is 0 Å². The first-order chi connectivity index (χ1) is 10.1. The smallest absolute Gasteiger partial charge is 0.319 e. The number of oxime groups is 1. The molecule has 0 atom stereocenters. The molecule has 114 valence electrons. The molecule has 0 unspecified atom stereocenters. The molecule has 1 fully saturated rings. The fraction of sp³-hybridized carbons (Fsp3) is 0.529. The Morgan fingerprint density at radius 3 is 2.67 bits per heavy atom. The van der Waals surface area contributed by atoms with E-state index in [1.165, 1.54) is 22.5 Å². The Morgan fingerprint density at radius 2 is 2.10 bits per heavy atom. The van der Waals surface area contributed by atoms with E-state index >= 15 is 0 Å². The zero-order valence-corrected chi connectivity index (χ0v) is 14.3. The molecule has 1 aliphatic rings. The second-order valence-corrected chi connectivity index (χ2v) is 6.47. The molecule has 0 aromatic heterocycles. The summed E-state index contributed by atoms with van der Waals surface area (Å²) in [7, 11) is 0. The molecule has 0 N–H and O–H groups in total. The van der Waals surface area contributed by atoms with Crippen molar-refractivity contribution < 1.29 is 9.63 Å². The maximum atomic E-state index is 10.8. The maximum Gasteiger partial charge on any atom is 0.331 e. The van der Waals surface area contributed by atoms with Crippen molar-refractivity contribution in [1.82, 2.24) is 0 Å². The lowest BCUT2D eigenvalue weighted by molar-refractivity contribution is -0.141. The Morgan fingerprint density at radius 1 is 1.38 bits per heavy atom. The van der Waals surface area contributed by atoms with Crippen LogP contribution in [0.3, 0.4) is 0 Å². The number of halogens is 1. The van der Waals surface area contributed by atoms with E-state index < -0.39 is 0 Å². The summed E-state index contributed by atoms with van der Waals surface area (Å²) in [5.74, 6) is 0.230. The van der Waals surface area contributed by atoms with Crippen LogP contribution < -0.4 is 0 Å². The van der Waals surface area contributed by atoms with Crippen molar-refractivity contribution in [3.05, 3.63) is 33.8 Å². The summed E-state index contributed by atoms with van der Waals surface area (Å²) in [5.41, 5.74) is 3.78.